The fraction of sp³-hybridized carbons (Fsp3) is 0.929. The summed E-state index contributed by atoms with van der Waals surface area (Å²) in [4.78, 5) is 14.1. The minimum absolute atomic E-state index is 0.0246. The minimum atomic E-state index is -0.252. The number of hydrogen-bond acceptors (Lipinski definition) is 3. The summed E-state index contributed by atoms with van der Waals surface area (Å²) in [7, 11) is 0. The highest BCUT2D eigenvalue weighted by atomic mass is 16.3. The number of carbonyl (C=O) groups is 1. The van der Waals surface area contributed by atoms with E-state index in [0.29, 0.717) is 0 Å². The van der Waals surface area contributed by atoms with Crippen LogP contribution in [0.3, 0.4) is 0 Å². The Morgan fingerprint density at radius 2 is 2.06 bits per heavy atom. The van der Waals surface area contributed by atoms with E-state index in [2.05, 4.69) is 17.1 Å². The van der Waals surface area contributed by atoms with Gasteiger partial charge in [0, 0.05) is 25.0 Å². The molecule has 1 aliphatic heterocycles. The number of rotatable bonds is 5. The molecule has 106 valence electrons. The van der Waals surface area contributed by atoms with Gasteiger partial charge in [-0.3, -0.25) is 4.79 Å². The smallest absolute Gasteiger partial charge is 0.222 e. The van der Waals surface area contributed by atoms with E-state index in [1.807, 2.05) is 20.8 Å². The lowest BCUT2D eigenvalue weighted by Crippen LogP contribution is -2.53. The number of likely N-dealkylation sites (N-methyl/N-ethyl adjacent to an activating group) is 1. The molecule has 0 saturated carbocycles. The van der Waals surface area contributed by atoms with Crippen LogP contribution in [0.25, 0.3) is 0 Å². The summed E-state index contributed by atoms with van der Waals surface area (Å²) in [6.07, 6.45) is 1.43. The van der Waals surface area contributed by atoms with Crippen molar-refractivity contribution in [3.8, 4) is 0 Å². The molecule has 0 radical (unpaired) electrons. The Hall–Kier alpha value is -0.610. The molecule has 1 heterocycles. The van der Waals surface area contributed by atoms with Gasteiger partial charge in [0.2, 0.25) is 5.91 Å². The zero-order chi connectivity index (χ0) is 13.7. The van der Waals surface area contributed by atoms with Gasteiger partial charge in [0.05, 0.1) is 6.10 Å². The minimum Gasteiger partial charge on any atom is -0.393 e. The van der Waals surface area contributed by atoms with Gasteiger partial charge >= 0.3 is 0 Å². The van der Waals surface area contributed by atoms with Crippen LogP contribution in [0.5, 0.6) is 0 Å². The molecule has 0 spiro atoms. The third kappa shape index (κ3) is 4.25. The van der Waals surface area contributed by atoms with Gasteiger partial charge in [-0.15, -0.1) is 0 Å². The third-order valence-corrected chi connectivity index (χ3v) is 3.84. The molecule has 0 aliphatic carbocycles. The first-order chi connectivity index (χ1) is 8.47. The first-order valence-electron chi connectivity index (χ1n) is 7.18. The van der Waals surface area contributed by atoms with E-state index in [1.54, 1.807) is 0 Å². The summed E-state index contributed by atoms with van der Waals surface area (Å²) < 4.78 is 0. The van der Waals surface area contributed by atoms with Gasteiger partial charge in [-0.1, -0.05) is 27.7 Å². The van der Waals surface area contributed by atoms with Gasteiger partial charge in [-0.2, -0.15) is 0 Å². The Kier molecular flexibility index (Phi) is 6.09. The second-order valence-electron chi connectivity index (χ2n) is 5.68. The molecular weight excluding hydrogens is 228 g/mol. The molecule has 1 fully saturated rings. The number of nitrogens with one attached hydrogen (secondary N) is 1. The molecule has 4 nitrogen and oxygen atoms in total. The van der Waals surface area contributed by atoms with Gasteiger partial charge < -0.3 is 15.3 Å². The normalized spacial score (nSPS) is 27.2. The van der Waals surface area contributed by atoms with Crippen LogP contribution in [0.1, 0.15) is 40.5 Å². The number of aliphatic hydroxyl groups is 1. The van der Waals surface area contributed by atoms with Crippen molar-refractivity contribution in [3.63, 3.8) is 0 Å². The maximum atomic E-state index is 11.8. The second-order valence-corrected chi connectivity index (χ2v) is 5.68. The highest BCUT2D eigenvalue weighted by molar-refractivity contribution is 5.78. The fourth-order valence-corrected chi connectivity index (χ4v) is 2.58. The van der Waals surface area contributed by atoms with Crippen LogP contribution in [-0.4, -0.2) is 47.7 Å². The summed E-state index contributed by atoms with van der Waals surface area (Å²) in [5, 5.41) is 13.1. The van der Waals surface area contributed by atoms with Crippen LogP contribution in [0, 0.1) is 11.8 Å². The number of piperidine rings is 1. The van der Waals surface area contributed by atoms with Crippen molar-refractivity contribution in [2.45, 2.75) is 52.7 Å². The predicted octanol–water partition coefficient (Wildman–Crippen LogP) is 1.24. The Labute approximate surface area is 111 Å². The maximum absolute atomic E-state index is 11.8. The Morgan fingerprint density at radius 3 is 2.56 bits per heavy atom. The van der Waals surface area contributed by atoms with E-state index in [0.717, 1.165) is 32.5 Å². The molecule has 1 aliphatic rings. The summed E-state index contributed by atoms with van der Waals surface area (Å²) in [5.74, 6) is 0.417. The number of aliphatic hydroxyl groups excluding tert-OH is 1. The van der Waals surface area contributed by atoms with Crippen LogP contribution in [-0.2, 0) is 4.79 Å². The van der Waals surface area contributed by atoms with Crippen molar-refractivity contribution in [2.75, 3.05) is 19.6 Å². The average molecular weight is 256 g/mol. The molecule has 4 heteroatoms. The van der Waals surface area contributed by atoms with Gasteiger partial charge in [0.1, 0.15) is 0 Å². The van der Waals surface area contributed by atoms with E-state index in [-0.39, 0.29) is 29.9 Å². The summed E-state index contributed by atoms with van der Waals surface area (Å²) >= 11 is 0. The van der Waals surface area contributed by atoms with Crippen molar-refractivity contribution in [3.05, 3.63) is 0 Å². The number of amides is 1. The van der Waals surface area contributed by atoms with Crippen LogP contribution in [0.15, 0.2) is 0 Å². The SMILES string of the molecule is CCC(O)C1CC(NC(=O)C(C)C)CN(CC)C1. The number of nitrogens with zero attached hydrogens (tertiary/aromatic N) is 1. The molecular formula is C14H28N2O2. The molecule has 3 atom stereocenters. The third-order valence-electron chi connectivity index (χ3n) is 3.84. The molecule has 0 bridgehead atoms. The lowest BCUT2D eigenvalue weighted by molar-refractivity contribution is -0.125. The zero-order valence-corrected chi connectivity index (χ0v) is 12.1. The molecule has 2 N–H and O–H groups in total. The Bertz CT molecular complexity index is 269. The molecule has 1 amide bonds. The van der Waals surface area contributed by atoms with Crippen molar-refractivity contribution in [2.24, 2.45) is 11.8 Å². The highest BCUT2D eigenvalue weighted by Crippen LogP contribution is 2.22. The molecule has 0 aromatic carbocycles. The van der Waals surface area contributed by atoms with Crippen LogP contribution >= 0.6 is 0 Å². The van der Waals surface area contributed by atoms with Gasteiger partial charge in [0.25, 0.3) is 0 Å². The molecule has 0 aromatic rings. The second kappa shape index (κ2) is 7.10. The maximum Gasteiger partial charge on any atom is 0.222 e. The number of hydrogen-bond donors (Lipinski definition) is 2. The Balaban J connectivity index is 2.59. The first-order valence-corrected chi connectivity index (χ1v) is 7.18. The average Bonchev–Trinajstić information content (AvgIpc) is 2.37. The van der Waals surface area contributed by atoms with Crippen LogP contribution in [0.4, 0.5) is 0 Å². The van der Waals surface area contributed by atoms with Crippen molar-refractivity contribution >= 4 is 5.91 Å². The first kappa shape index (κ1) is 15.4. The monoisotopic (exact) mass is 256 g/mol. The molecule has 1 saturated heterocycles. The fourth-order valence-electron chi connectivity index (χ4n) is 2.58. The van der Waals surface area contributed by atoms with Crippen molar-refractivity contribution < 1.29 is 9.90 Å². The Morgan fingerprint density at radius 1 is 1.39 bits per heavy atom. The van der Waals surface area contributed by atoms with E-state index in [9.17, 15) is 9.90 Å². The van der Waals surface area contributed by atoms with Crippen LogP contribution in [0.2, 0.25) is 0 Å². The number of likely N-dealkylation sites (tertiary alicyclic amines) is 1. The molecule has 3 unspecified atom stereocenters. The van der Waals surface area contributed by atoms with E-state index in [1.165, 1.54) is 0 Å². The summed E-state index contributed by atoms with van der Waals surface area (Å²) in [6.45, 7) is 10.8. The topological polar surface area (TPSA) is 52.6 Å². The van der Waals surface area contributed by atoms with E-state index in [4.69, 9.17) is 0 Å². The highest BCUT2D eigenvalue weighted by Gasteiger charge is 2.31. The van der Waals surface area contributed by atoms with E-state index >= 15 is 0 Å². The quantitative estimate of drug-likeness (QED) is 0.778. The predicted molar refractivity (Wildman–Crippen MR) is 73.3 cm³/mol. The lowest BCUT2D eigenvalue weighted by Gasteiger charge is -2.39. The molecule has 18 heavy (non-hydrogen) atoms. The number of carbonyl (C=O) groups excluding carboxylic acids is 1. The molecule has 0 aromatic heterocycles. The van der Waals surface area contributed by atoms with Crippen molar-refractivity contribution in [1.82, 2.24) is 10.2 Å². The van der Waals surface area contributed by atoms with Gasteiger partial charge in [-0.25, -0.2) is 0 Å². The summed E-state index contributed by atoms with van der Waals surface area (Å²) in [5.41, 5.74) is 0. The van der Waals surface area contributed by atoms with Gasteiger partial charge in [-0.05, 0) is 25.3 Å². The zero-order valence-electron chi connectivity index (χ0n) is 12.1. The largest absolute Gasteiger partial charge is 0.393 e. The van der Waals surface area contributed by atoms with Gasteiger partial charge in [0.15, 0.2) is 0 Å². The van der Waals surface area contributed by atoms with Crippen molar-refractivity contribution in [1.29, 1.82) is 0 Å². The standard InChI is InChI=1S/C14H28N2O2/c1-5-13(17)11-7-12(9-16(6-2)8-11)15-14(18)10(3)4/h10-13,17H,5-9H2,1-4H3,(H,15,18). The summed E-state index contributed by atoms with van der Waals surface area (Å²) in [6, 6.07) is 0.180. The van der Waals surface area contributed by atoms with E-state index < -0.39 is 0 Å². The lowest BCUT2D eigenvalue weighted by atomic mass is 9.88. The van der Waals surface area contributed by atoms with Crippen LogP contribution < -0.4 is 5.32 Å². The molecule has 1 rings (SSSR count).